The lowest BCUT2D eigenvalue weighted by Crippen LogP contribution is -2.13. The molecule has 0 spiro atoms. The Balaban J connectivity index is 1.79. The van der Waals surface area contributed by atoms with Crippen molar-refractivity contribution < 1.29 is 19.1 Å². The third kappa shape index (κ3) is 3.95. The van der Waals surface area contributed by atoms with Crippen LogP contribution in [0.25, 0.3) is 0 Å². The van der Waals surface area contributed by atoms with Crippen molar-refractivity contribution in [3.63, 3.8) is 0 Å². The van der Waals surface area contributed by atoms with E-state index in [0.717, 1.165) is 11.3 Å². The zero-order valence-corrected chi connectivity index (χ0v) is 12.0. The summed E-state index contributed by atoms with van der Waals surface area (Å²) in [5.41, 5.74) is 1.74. The van der Waals surface area contributed by atoms with Crippen LogP contribution in [0.15, 0.2) is 36.5 Å². The maximum Gasteiger partial charge on any atom is 0.354 e. The lowest BCUT2D eigenvalue weighted by molar-refractivity contribution is 0.0444. The van der Waals surface area contributed by atoms with Gasteiger partial charge in [-0.05, 0) is 31.5 Å². The molecule has 2 rings (SSSR count). The highest BCUT2D eigenvalue weighted by Crippen LogP contribution is 2.15. The number of esters is 1. The van der Waals surface area contributed by atoms with E-state index in [2.05, 4.69) is 4.98 Å². The van der Waals surface area contributed by atoms with Gasteiger partial charge in [0.05, 0.1) is 0 Å². The van der Waals surface area contributed by atoms with Crippen molar-refractivity contribution in [2.75, 3.05) is 13.2 Å². The fraction of sp³-hybridized carbons (Fsp3) is 0.250. The number of nitrogens with one attached hydrogen (secondary N) is 1. The summed E-state index contributed by atoms with van der Waals surface area (Å²) in [6.45, 7) is 3.80. The number of hydrogen-bond donors (Lipinski definition) is 1. The number of Topliss-reactive ketones (excluding diaryl/α,β-unsaturated/α-hetero) is 1. The van der Waals surface area contributed by atoms with Crippen molar-refractivity contribution in [1.82, 2.24) is 4.98 Å². The standard InChI is InChI=1S/C16H17NO4/c1-11-5-3-4-6-15(11)20-7-8-21-16(19)14-9-13(10-17-14)12(2)18/h3-6,9-10,17H,7-8H2,1-2H3. The molecule has 21 heavy (non-hydrogen) atoms. The van der Waals surface area contributed by atoms with Crippen molar-refractivity contribution in [3.05, 3.63) is 53.3 Å². The topological polar surface area (TPSA) is 68.4 Å². The fourth-order valence-corrected chi connectivity index (χ4v) is 1.80. The lowest BCUT2D eigenvalue weighted by atomic mass is 10.2. The van der Waals surface area contributed by atoms with E-state index in [0.29, 0.717) is 5.56 Å². The predicted octanol–water partition coefficient (Wildman–Crippen LogP) is 2.76. The second-order valence-electron chi connectivity index (χ2n) is 4.61. The van der Waals surface area contributed by atoms with Crippen LogP contribution < -0.4 is 4.74 Å². The molecule has 0 saturated carbocycles. The molecule has 0 unspecified atom stereocenters. The largest absolute Gasteiger partial charge is 0.490 e. The third-order valence-corrected chi connectivity index (χ3v) is 2.98. The molecular formula is C16H17NO4. The monoisotopic (exact) mass is 287 g/mol. The van der Waals surface area contributed by atoms with Crippen molar-refractivity contribution in [2.45, 2.75) is 13.8 Å². The highest BCUT2D eigenvalue weighted by Gasteiger charge is 2.11. The molecule has 1 heterocycles. The first kappa shape index (κ1) is 14.8. The Bertz CT molecular complexity index is 645. The van der Waals surface area contributed by atoms with Crippen LogP contribution >= 0.6 is 0 Å². The normalized spacial score (nSPS) is 10.2. The summed E-state index contributed by atoms with van der Waals surface area (Å²) >= 11 is 0. The van der Waals surface area contributed by atoms with Crippen LogP contribution in [-0.4, -0.2) is 30.0 Å². The van der Waals surface area contributed by atoms with E-state index in [1.165, 1.54) is 19.2 Å². The van der Waals surface area contributed by atoms with Gasteiger partial charge in [-0.15, -0.1) is 0 Å². The summed E-state index contributed by atoms with van der Waals surface area (Å²) in [6, 6.07) is 9.11. The average molecular weight is 287 g/mol. The van der Waals surface area contributed by atoms with Gasteiger partial charge in [-0.3, -0.25) is 4.79 Å². The summed E-state index contributed by atoms with van der Waals surface area (Å²) in [7, 11) is 0. The van der Waals surface area contributed by atoms with Gasteiger partial charge in [0.25, 0.3) is 0 Å². The summed E-state index contributed by atoms with van der Waals surface area (Å²) in [5, 5.41) is 0. The summed E-state index contributed by atoms with van der Waals surface area (Å²) in [4.78, 5) is 25.6. The van der Waals surface area contributed by atoms with E-state index >= 15 is 0 Å². The summed E-state index contributed by atoms with van der Waals surface area (Å²) < 4.78 is 10.6. The van der Waals surface area contributed by atoms with Crippen LogP contribution in [-0.2, 0) is 4.74 Å². The molecule has 110 valence electrons. The zero-order chi connectivity index (χ0) is 15.2. The van der Waals surface area contributed by atoms with Gasteiger partial charge >= 0.3 is 5.97 Å². The number of benzene rings is 1. The highest BCUT2D eigenvalue weighted by atomic mass is 16.6. The Morgan fingerprint density at radius 3 is 2.62 bits per heavy atom. The lowest BCUT2D eigenvalue weighted by Gasteiger charge is -2.08. The fourth-order valence-electron chi connectivity index (χ4n) is 1.80. The molecule has 5 nitrogen and oxygen atoms in total. The molecule has 0 aliphatic heterocycles. The second-order valence-corrected chi connectivity index (χ2v) is 4.61. The molecule has 0 saturated heterocycles. The first-order chi connectivity index (χ1) is 10.1. The van der Waals surface area contributed by atoms with Gasteiger partial charge in [0.1, 0.15) is 24.7 Å². The van der Waals surface area contributed by atoms with Gasteiger partial charge in [0.15, 0.2) is 5.78 Å². The van der Waals surface area contributed by atoms with E-state index in [-0.39, 0.29) is 24.7 Å². The first-order valence-corrected chi connectivity index (χ1v) is 6.63. The Morgan fingerprint density at radius 2 is 1.95 bits per heavy atom. The molecule has 1 aromatic carbocycles. The second kappa shape index (κ2) is 6.74. The average Bonchev–Trinajstić information content (AvgIpc) is 2.95. The van der Waals surface area contributed by atoms with Gasteiger partial charge in [-0.1, -0.05) is 18.2 Å². The summed E-state index contributed by atoms with van der Waals surface area (Å²) in [6.07, 6.45) is 1.49. The van der Waals surface area contributed by atoms with Crippen molar-refractivity contribution in [3.8, 4) is 5.75 Å². The number of para-hydroxylation sites is 1. The van der Waals surface area contributed by atoms with Crippen LogP contribution in [0.2, 0.25) is 0 Å². The number of aryl methyl sites for hydroxylation is 1. The van der Waals surface area contributed by atoms with Crippen LogP contribution in [0.1, 0.15) is 33.3 Å². The highest BCUT2D eigenvalue weighted by molar-refractivity contribution is 5.97. The molecule has 1 aromatic heterocycles. The minimum atomic E-state index is -0.504. The van der Waals surface area contributed by atoms with Crippen LogP contribution in [0.4, 0.5) is 0 Å². The van der Waals surface area contributed by atoms with Gasteiger partial charge in [-0.2, -0.15) is 0 Å². The van der Waals surface area contributed by atoms with Crippen LogP contribution in [0.5, 0.6) is 5.75 Å². The number of carbonyl (C=O) groups is 2. The van der Waals surface area contributed by atoms with E-state index in [1.54, 1.807) is 0 Å². The van der Waals surface area contributed by atoms with Crippen molar-refractivity contribution in [2.24, 2.45) is 0 Å². The molecule has 0 radical (unpaired) electrons. The molecule has 0 aliphatic rings. The maximum absolute atomic E-state index is 11.7. The quantitative estimate of drug-likeness (QED) is 0.504. The molecular weight excluding hydrogens is 270 g/mol. The number of H-pyrrole nitrogens is 1. The van der Waals surface area contributed by atoms with E-state index < -0.39 is 5.97 Å². The van der Waals surface area contributed by atoms with E-state index in [4.69, 9.17) is 9.47 Å². The SMILES string of the molecule is CC(=O)c1c[nH]c(C(=O)OCCOc2ccccc2C)c1. The third-order valence-electron chi connectivity index (χ3n) is 2.98. The minimum Gasteiger partial charge on any atom is -0.490 e. The number of ketones is 1. The Morgan fingerprint density at radius 1 is 1.19 bits per heavy atom. The first-order valence-electron chi connectivity index (χ1n) is 6.63. The molecule has 0 bridgehead atoms. The number of carbonyl (C=O) groups excluding carboxylic acids is 2. The van der Waals surface area contributed by atoms with Gasteiger partial charge in [-0.25, -0.2) is 4.79 Å². The van der Waals surface area contributed by atoms with Crippen LogP contribution in [0, 0.1) is 6.92 Å². The van der Waals surface area contributed by atoms with E-state index in [9.17, 15) is 9.59 Å². The molecule has 0 atom stereocenters. The Labute approximate surface area is 122 Å². The van der Waals surface area contributed by atoms with Crippen molar-refractivity contribution in [1.29, 1.82) is 0 Å². The van der Waals surface area contributed by atoms with Gasteiger partial charge < -0.3 is 14.5 Å². The molecule has 0 aliphatic carbocycles. The molecule has 1 N–H and O–H groups in total. The smallest absolute Gasteiger partial charge is 0.354 e. The van der Waals surface area contributed by atoms with Gasteiger partial charge in [0.2, 0.25) is 0 Å². The zero-order valence-electron chi connectivity index (χ0n) is 12.0. The number of hydrogen-bond acceptors (Lipinski definition) is 4. The molecule has 2 aromatic rings. The van der Waals surface area contributed by atoms with Crippen LogP contribution in [0.3, 0.4) is 0 Å². The van der Waals surface area contributed by atoms with Gasteiger partial charge in [0, 0.05) is 11.8 Å². The number of ether oxygens (including phenoxy) is 2. The maximum atomic E-state index is 11.7. The number of rotatable bonds is 6. The van der Waals surface area contributed by atoms with E-state index in [1.807, 2.05) is 31.2 Å². The summed E-state index contributed by atoms with van der Waals surface area (Å²) in [5.74, 6) is 0.163. The number of aromatic amines is 1. The Hall–Kier alpha value is -2.56. The van der Waals surface area contributed by atoms with Crippen molar-refractivity contribution >= 4 is 11.8 Å². The molecule has 5 heteroatoms. The number of aromatic nitrogens is 1. The molecule has 0 amide bonds. The molecule has 0 fully saturated rings. The predicted molar refractivity (Wildman–Crippen MR) is 77.8 cm³/mol. The minimum absolute atomic E-state index is 0.104. The Kier molecular flexibility index (Phi) is 4.77.